The number of para-hydroxylation sites is 2. The molecule has 0 saturated heterocycles. The van der Waals surface area contributed by atoms with Gasteiger partial charge < -0.3 is 5.32 Å². The lowest BCUT2D eigenvalue weighted by atomic mass is 10.1. The molecule has 0 atom stereocenters. The van der Waals surface area contributed by atoms with Crippen LogP contribution in [0.3, 0.4) is 0 Å². The van der Waals surface area contributed by atoms with Gasteiger partial charge in [-0.1, -0.05) is 32.6 Å². The maximum absolute atomic E-state index is 12.0. The van der Waals surface area contributed by atoms with E-state index in [9.17, 15) is 9.59 Å². The van der Waals surface area contributed by atoms with E-state index in [1.165, 1.54) is 0 Å². The molecule has 6 nitrogen and oxygen atoms in total. The molecule has 23 heavy (non-hydrogen) atoms. The van der Waals surface area contributed by atoms with Gasteiger partial charge in [0.25, 0.3) is 5.91 Å². The van der Waals surface area contributed by atoms with Crippen LogP contribution in [0.5, 0.6) is 0 Å². The summed E-state index contributed by atoms with van der Waals surface area (Å²) in [5, 5.41) is 5.03. The summed E-state index contributed by atoms with van der Waals surface area (Å²) in [4.78, 5) is 23.7. The topological polar surface area (TPSA) is 67.0 Å². The first-order valence-corrected chi connectivity index (χ1v) is 7.70. The van der Waals surface area contributed by atoms with Crippen LogP contribution in [0.4, 0.5) is 4.79 Å². The molecule has 2 N–H and O–H groups in total. The minimum absolute atomic E-state index is 0.0684. The van der Waals surface area contributed by atoms with Gasteiger partial charge in [-0.05, 0) is 24.5 Å². The summed E-state index contributed by atoms with van der Waals surface area (Å²) in [6, 6.07) is 7.25. The molecule has 1 heterocycles. The fraction of sp³-hybridized carbons (Fsp3) is 0.353. The van der Waals surface area contributed by atoms with Crippen LogP contribution in [0.15, 0.2) is 37.2 Å². The lowest BCUT2D eigenvalue weighted by molar-refractivity contribution is -0.658. The number of carbonyl (C=O) groups is 2. The third-order valence-electron chi connectivity index (χ3n) is 3.50. The quantitative estimate of drug-likeness (QED) is 0.800. The van der Waals surface area contributed by atoms with Crippen LogP contribution < -0.4 is 15.2 Å². The van der Waals surface area contributed by atoms with Crippen molar-refractivity contribution in [1.82, 2.24) is 15.2 Å². The first-order valence-electron chi connectivity index (χ1n) is 7.70. The standard InChI is InChI=1S/C17H22N4O2/c1-4-20-12-21(15-8-6-5-7-14(15)20)11-16(22)19-17(23)18-10-9-13(2)3/h4-8,12-13H,1,9-11H2,2-3H3,(H-,18,19,22,23)/p+1. The molecule has 0 radical (unpaired) electrons. The number of hydrogen-bond donors (Lipinski definition) is 2. The second-order valence-electron chi connectivity index (χ2n) is 5.81. The SMILES string of the molecule is C=Cn1c[n+](CC(=O)NC(=O)NCCC(C)C)c2ccccc21. The van der Waals surface area contributed by atoms with Crippen LogP contribution in [-0.2, 0) is 11.3 Å². The van der Waals surface area contributed by atoms with E-state index in [2.05, 4.69) is 31.1 Å². The van der Waals surface area contributed by atoms with E-state index < -0.39 is 6.03 Å². The molecule has 0 aliphatic carbocycles. The second kappa shape index (κ2) is 7.58. The second-order valence-corrected chi connectivity index (χ2v) is 5.81. The van der Waals surface area contributed by atoms with Gasteiger partial charge in [-0.15, -0.1) is 0 Å². The Labute approximate surface area is 135 Å². The number of aromatic nitrogens is 2. The van der Waals surface area contributed by atoms with Gasteiger partial charge in [-0.2, -0.15) is 0 Å². The van der Waals surface area contributed by atoms with E-state index in [1.54, 1.807) is 17.1 Å². The fourth-order valence-corrected chi connectivity index (χ4v) is 2.31. The van der Waals surface area contributed by atoms with E-state index >= 15 is 0 Å². The summed E-state index contributed by atoms with van der Waals surface area (Å²) in [5.41, 5.74) is 1.86. The van der Waals surface area contributed by atoms with Crippen molar-refractivity contribution in [2.24, 2.45) is 5.92 Å². The lowest BCUT2D eigenvalue weighted by Crippen LogP contribution is -2.47. The number of rotatable bonds is 6. The summed E-state index contributed by atoms with van der Waals surface area (Å²) in [6.07, 6.45) is 4.34. The van der Waals surface area contributed by atoms with Gasteiger partial charge in [0.05, 0.1) is 6.20 Å². The summed E-state index contributed by atoms with van der Waals surface area (Å²) in [5.74, 6) is 0.149. The van der Waals surface area contributed by atoms with Crippen LogP contribution >= 0.6 is 0 Å². The molecule has 1 aromatic carbocycles. The summed E-state index contributed by atoms with van der Waals surface area (Å²) < 4.78 is 3.62. The molecule has 3 amide bonds. The number of imide groups is 1. The molecular formula is C17H23N4O2+. The zero-order valence-electron chi connectivity index (χ0n) is 13.6. The van der Waals surface area contributed by atoms with Crippen LogP contribution in [-0.4, -0.2) is 23.1 Å². The number of nitrogens with zero attached hydrogens (tertiary/aromatic N) is 2. The van der Waals surface area contributed by atoms with Gasteiger partial charge in [0.15, 0.2) is 17.6 Å². The van der Waals surface area contributed by atoms with Crippen LogP contribution in [0.1, 0.15) is 20.3 Å². The molecule has 0 spiro atoms. The number of carbonyl (C=O) groups excluding carboxylic acids is 2. The van der Waals surface area contributed by atoms with Crippen molar-refractivity contribution in [1.29, 1.82) is 0 Å². The molecule has 0 aliphatic heterocycles. The number of nitrogens with one attached hydrogen (secondary N) is 2. The number of amides is 3. The van der Waals surface area contributed by atoms with Crippen LogP contribution in [0.2, 0.25) is 0 Å². The van der Waals surface area contributed by atoms with E-state index in [0.29, 0.717) is 12.5 Å². The first kappa shape index (κ1) is 16.7. The minimum atomic E-state index is -0.455. The number of urea groups is 1. The van der Waals surface area contributed by atoms with Crippen molar-refractivity contribution in [2.75, 3.05) is 6.54 Å². The fourth-order valence-electron chi connectivity index (χ4n) is 2.31. The molecule has 0 saturated carbocycles. The Bertz CT molecular complexity index is 718. The Hall–Kier alpha value is -2.63. The number of fused-ring (bicyclic) bond motifs is 1. The summed E-state index contributed by atoms with van der Waals surface area (Å²) >= 11 is 0. The molecule has 6 heteroatoms. The van der Waals surface area contributed by atoms with Gasteiger partial charge in [-0.25, -0.2) is 13.9 Å². The Morgan fingerprint density at radius 3 is 2.78 bits per heavy atom. The molecule has 1 aromatic heterocycles. The van der Waals surface area contributed by atoms with Crippen molar-refractivity contribution in [3.63, 3.8) is 0 Å². The van der Waals surface area contributed by atoms with Gasteiger partial charge >= 0.3 is 6.03 Å². The predicted octanol–water partition coefficient (Wildman–Crippen LogP) is 1.90. The summed E-state index contributed by atoms with van der Waals surface area (Å²) in [7, 11) is 0. The van der Waals surface area contributed by atoms with Crippen molar-refractivity contribution < 1.29 is 14.2 Å². The maximum Gasteiger partial charge on any atom is 0.321 e. The van der Waals surface area contributed by atoms with E-state index in [0.717, 1.165) is 17.5 Å². The zero-order valence-corrected chi connectivity index (χ0v) is 13.6. The third kappa shape index (κ3) is 4.42. The predicted molar refractivity (Wildman–Crippen MR) is 89.5 cm³/mol. The molecule has 0 fully saturated rings. The molecule has 0 aliphatic rings. The normalized spacial score (nSPS) is 10.7. The largest absolute Gasteiger partial charge is 0.338 e. The Morgan fingerprint density at radius 1 is 1.35 bits per heavy atom. The highest BCUT2D eigenvalue weighted by Crippen LogP contribution is 2.10. The smallest absolute Gasteiger partial charge is 0.321 e. The highest BCUT2D eigenvalue weighted by Gasteiger charge is 2.17. The molecule has 122 valence electrons. The summed E-state index contributed by atoms with van der Waals surface area (Å²) in [6.45, 7) is 8.54. The van der Waals surface area contributed by atoms with Gasteiger partial charge in [0.1, 0.15) is 0 Å². The lowest BCUT2D eigenvalue weighted by Gasteiger charge is -2.07. The van der Waals surface area contributed by atoms with Crippen LogP contribution in [0, 0.1) is 5.92 Å². The number of hydrogen-bond acceptors (Lipinski definition) is 2. The monoisotopic (exact) mass is 315 g/mol. The zero-order chi connectivity index (χ0) is 16.8. The molecule has 2 aromatic rings. The number of benzene rings is 1. The third-order valence-corrected chi connectivity index (χ3v) is 3.50. The maximum atomic E-state index is 12.0. The molecular weight excluding hydrogens is 292 g/mol. The minimum Gasteiger partial charge on any atom is -0.338 e. The van der Waals surface area contributed by atoms with Gasteiger partial charge in [-0.3, -0.25) is 10.1 Å². The van der Waals surface area contributed by atoms with Gasteiger partial charge in [0.2, 0.25) is 6.33 Å². The van der Waals surface area contributed by atoms with Crippen molar-refractivity contribution in [3.8, 4) is 0 Å². The van der Waals surface area contributed by atoms with Gasteiger partial charge in [0, 0.05) is 6.54 Å². The first-order chi connectivity index (χ1) is 11.0. The van der Waals surface area contributed by atoms with E-state index in [4.69, 9.17) is 0 Å². The number of imidazole rings is 1. The molecule has 0 bridgehead atoms. The van der Waals surface area contributed by atoms with Crippen molar-refractivity contribution >= 4 is 29.2 Å². The van der Waals surface area contributed by atoms with Crippen LogP contribution in [0.25, 0.3) is 17.2 Å². The molecule has 2 rings (SSSR count). The van der Waals surface area contributed by atoms with Crippen molar-refractivity contribution in [2.45, 2.75) is 26.8 Å². The van der Waals surface area contributed by atoms with E-state index in [1.807, 2.05) is 28.8 Å². The Kier molecular flexibility index (Phi) is 5.51. The highest BCUT2D eigenvalue weighted by atomic mass is 16.2. The average molecular weight is 315 g/mol. The highest BCUT2D eigenvalue weighted by molar-refractivity contribution is 5.93. The average Bonchev–Trinajstić information content (AvgIpc) is 2.85. The Balaban J connectivity index is 1.98. The Morgan fingerprint density at radius 2 is 2.09 bits per heavy atom. The molecule has 0 unspecified atom stereocenters. The van der Waals surface area contributed by atoms with E-state index in [-0.39, 0.29) is 12.5 Å². The van der Waals surface area contributed by atoms with Crippen molar-refractivity contribution in [3.05, 3.63) is 37.2 Å².